The molecule has 2 N–H and O–H groups in total. The zero-order chi connectivity index (χ0) is 17.6. The van der Waals surface area contributed by atoms with Crippen LogP contribution in [-0.2, 0) is 21.6 Å². The minimum Gasteiger partial charge on any atom is -0.444 e. The Bertz CT molecular complexity index is 628. The van der Waals surface area contributed by atoms with Crippen molar-refractivity contribution in [2.45, 2.75) is 65.1 Å². The van der Waals surface area contributed by atoms with E-state index in [1.54, 1.807) is 27.7 Å². The molecule has 0 saturated carbocycles. The summed E-state index contributed by atoms with van der Waals surface area (Å²) in [7, 11) is 0. The van der Waals surface area contributed by atoms with Crippen LogP contribution in [0.1, 0.15) is 58.8 Å². The van der Waals surface area contributed by atoms with Crippen molar-refractivity contribution in [2.24, 2.45) is 5.73 Å². The molecule has 2 rings (SSSR count). The Morgan fingerprint density at radius 3 is 2.35 bits per heavy atom. The van der Waals surface area contributed by atoms with Crippen molar-refractivity contribution in [3.05, 3.63) is 23.5 Å². The zero-order valence-electron chi connectivity index (χ0n) is 14.8. The molecular formula is C17H27N3O3. The van der Waals surface area contributed by atoms with Crippen molar-refractivity contribution < 1.29 is 14.3 Å². The Morgan fingerprint density at radius 1 is 1.26 bits per heavy atom. The first-order chi connectivity index (χ1) is 10.5. The van der Waals surface area contributed by atoms with Gasteiger partial charge < -0.3 is 15.0 Å². The van der Waals surface area contributed by atoms with Gasteiger partial charge in [-0.05, 0) is 45.7 Å². The number of fused-ring (bicyclic) bond motifs is 1. The topological polar surface area (TPSA) is 77.6 Å². The van der Waals surface area contributed by atoms with Crippen molar-refractivity contribution in [1.29, 1.82) is 0 Å². The van der Waals surface area contributed by atoms with E-state index in [9.17, 15) is 9.59 Å². The molecule has 0 spiro atoms. The average molecular weight is 321 g/mol. The van der Waals surface area contributed by atoms with Gasteiger partial charge in [0.25, 0.3) is 0 Å². The van der Waals surface area contributed by atoms with Crippen LogP contribution in [0.2, 0.25) is 0 Å². The van der Waals surface area contributed by atoms with E-state index in [0.29, 0.717) is 19.0 Å². The summed E-state index contributed by atoms with van der Waals surface area (Å²) in [6, 6.07) is 3.89. The van der Waals surface area contributed by atoms with Gasteiger partial charge >= 0.3 is 6.09 Å². The number of amides is 2. The molecule has 6 nitrogen and oxygen atoms in total. The summed E-state index contributed by atoms with van der Waals surface area (Å²) < 4.78 is 7.56. The number of hydrogen-bond acceptors (Lipinski definition) is 3. The Kier molecular flexibility index (Phi) is 4.22. The maximum atomic E-state index is 12.6. The van der Waals surface area contributed by atoms with E-state index in [1.807, 2.05) is 12.1 Å². The zero-order valence-corrected chi connectivity index (χ0v) is 14.8. The van der Waals surface area contributed by atoms with Crippen molar-refractivity contribution >= 4 is 12.0 Å². The van der Waals surface area contributed by atoms with Gasteiger partial charge in [0.2, 0.25) is 5.91 Å². The van der Waals surface area contributed by atoms with Crippen LogP contribution >= 0.6 is 0 Å². The minimum absolute atomic E-state index is 0.328. The molecular weight excluding hydrogens is 294 g/mol. The Balaban J connectivity index is 2.48. The molecule has 2 heterocycles. The van der Waals surface area contributed by atoms with Crippen molar-refractivity contribution in [3.63, 3.8) is 0 Å². The predicted molar refractivity (Wildman–Crippen MR) is 88.0 cm³/mol. The SMILES string of the molecule is CC(C)c1ccc2n1CCN(C(=O)OC(C)(C)C)C2(C)C(N)=O. The molecule has 1 aliphatic rings. The second-order valence-electron chi connectivity index (χ2n) is 7.52. The van der Waals surface area contributed by atoms with Crippen LogP contribution in [0.3, 0.4) is 0 Å². The van der Waals surface area contributed by atoms with Gasteiger partial charge in [-0.1, -0.05) is 13.8 Å². The average Bonchev–Trinajstić information content (AvgIpc) is 2.81. The van der Waals surface area contributed by atoms with Crippen LogP contribution < -0.4 is 5.73 Å². The number of aromatic nitrogens is 1. The lowest BCUT2D eigenvalue weighted by atomic mass is 9.92. The predicted octanol–water partition coefficient (Wildman–Crippen LogP) is 2.56. The lowest BCUT2D eigenvalue weighted by Gasteiger charge is -2.43. The fourth-order valence-corrected chi connectivity index (χ4v) is 3.07. The largest absolute Gasteiger partial charge is 0.444 e. The van der Waals surface area contributed by atoms with Crippen LogP contribution in [0.15, 0.2) is 12.1 Å². The first kappa shape index (κ1) is 17.4. The van der Waals surface area contributed by atoms with Gasteiger partial charge in [-0.25, -0.2) is 4.79 Å². The highest BCUT2D eigenvalue weighted by Gasteiger charge is 2.48. The van der Waals surface area contributed by atoms with Gasteiger partial charge in [-0.2, -0.15) is 0 Å². The normalized spacial score (nSPS) is 21.3. The van der Waals surface area contributed by atoms with Crippen LogP contribution in [0, 0.1) is 0 Å². The Labute approximate surface area is 137 Å². The Morgan fingerprint density at radius 2 is 1.87 bits per heavy atom. The van der Waals surface area contributed by atoms with Crippen LogP contribution in [-0.4, -0.2) is 33.6 Å². The summed E-state index contributed by atoms with van der Waals surface area (Å²) >= 11 is 0. The maximum Gasteiger partial charge on any atom is 0.411 e. The van der Waals surface area contributed by atoms with Crippen molar-refractivity contribution in [2.75, 3.05) is 6.54 Å². The molecule has 6 heteroatoms. The third-order valence-corrected chi connectivity index (χ3v) is 4.29. The molecule has 2 amide bonds. The fraction of sp³-hybridized carbons (Fsp3) is 0.647. The molecule has 0 bridgehead atoms. The minimum atomic E-state index is -1.21. The number of ether oxygens (including phenoxy) is 1. The molecule has 1 atom stereocenters. The smallest absolute Gasteiger partial charge is 0.411 e. The molecule has 128 valence electrons. The summed E-state index contributed by atoms with van der Waals surface area (Å²) in [4.78, 5) is 26.3. The van der Waals surface area contributed by atoms with E-state index in [0.717, 1.165) is 11.4 Å². The standard InChI is InChI=1S/C17H27N3O3/c1-11(2)12-7-8-13-17(6,14(18)21)20(10-9-19(12)13)15(22)23-16(3,4)5/h7-8,11H,9-10H2,1-6H3,(H2,18,21). The number of carbonyl (C=O) groups is 2. The van der Waals surface area contributed by atoms with Gasteiger partial charge in [0.1, 0.15) is 5.60 Å². The fourth-order valence-electron chi connectivity index (χ4n) is 3.07. The number of nitrogens with zero attached hydrogens (tertiary/aromatic N) is 2. The highest BCUT2D eigenvalue weighted by molar-refractivity contribution is 5.89. The summed E-state index contributed by atoms with van der Waals surface area (Å²) in [5, 5.41) is 0. The molecule has 1 aliphatic heterocycles. The van der Waals surface area contributed by atoms with Gasteiger partial charge in [-0.15, -0.1) is 0 Å². The first-order valence-electron chi connectivity index (χ1n) is 7.99. The quantitative estimate of drug-likeness (QED) is 0.909. The lowest BCUT2D eigenvalue weighted by Crippen LogP contribution is -2.60. The monoisotopic (exact) mass is 321 g/mol. The van der Waals surface area contributed by atoms with Gasteiger partial charge in [0.15, 0.2) is 5.54 Å². The molecule has 23 heavy (non-hydrogen) atoms. The van der Waals surface area contributed by atoms with E-state index in [1.165, 1.54) is 4.90 Å². The molecule has 1 unspecified atom stereocenters. The number of rotatable bonds is 2. The van der Waals surface area contributed by atoms with Crippen LogP contribution in [0.4, 0.5) is 4.79 Å². The van der Waals surface area contributed by atoms with Gasteiger partial charge in [0.05, 0.1) is 5.69 Å². The van der Waals surface area contributed by atoms with E-state index in [2.05, 4.69) is 18.4 Å². The molecule has 0 saturated heterocycles. The molecule has 0 radical (unpaired) electrons. The molecule has 0 aromatic carbocycles. The molecule has 0 fully saturated rings. The summed E-state index contributed by atoms with van der Waals surface area (Å²) in [6.45, 7) is 12.3. The summed E-state index contributed by atoms with van der Waals surface area (Å²) in [6.07, 6.45) is -0.516. The van der Waals surface area contributed by atoms with Crippen molar-refractivity contribution in [1.82, 2.24) is 9.47 Å². The second-order valence-corrected chi connectivity index (χ2v) is 7.52. The second kappa shape index (κ2) is 5.58. The number of hydrogen-bond donors (Lipinski definition) is 1. The molecule has 1 aromatic heterocycles. The number of carbonyl (C=O) groups excluding carboxylic acids is 2. The first-order valence-corrected chi connectivity index (χ1v) is 7.99. The third-order valence-electron chi connectivity index (χ3n) is 4.29. The maximum absolute atomic E-state index is 12.6. The van der Waals surface area contributed by atoms with E-state index in [4.69, 9.17) is 10.5 Å². The van der Waals surface area contributed by atoms with E-state index < -0.39 is 23.1 Å². The highest BCUT2D eigenvalue weighted by atomic mass is 16.6. The lowest BCUT2D eigenvalue weighted by molar-refractivity contribution is -0.131. The third kappa shape index (κ3) is 2.94. The van der Waals surface area contributed by atoms with Crippen LogP contribution in [0.5, 0.6) is 0 Å². The summed E-state index contributed by atoms with van der Waals surface area (Å²) in [5.74, 6) is -0.230. The van der Waals surface area contributed by atoms with Crippen molar-refractivity contribution in [3.8, 4) is 0 Å². The molecule has 1 aromatic rings. The Hall–Kier alpha value is -1.98. The van der Waals surface area contributed by atoms with Gasteiger partial charge in [-0.3, -0.25) is 9.69 Å². The van der Waals surface area contributed by atoms with E-state index >= 15 is 0 Å². The summed E-state index contributed by atoms with van der Waals surface area (Å²) in [5.41, 5.74) is 5.73. The van der Waals surface area contributed by atoms with E-state index in [-0.39, 0.29) is 0 Å². The van der Waals surface area contributed by atoms with Crippen LogP contribution in [0.25, 0.3) is 0 Å². The highest BCUT2D eigenvalue weighted by Crippen LogP contribution is 2.36. The molecule has 0 aliphatic carbocycles. The number of primary amides is 1. The number of nitrogens with two attached hydrogens (primary N) is 1. The van der Waals surface area contributed by atoms with Gasteiger partial charge in [0, 0.05) is 18.8 Å².